The standard InChI is InChI=1S/C12H22F2N2O2/c1-9(18)16-7-10(3-2-4-17)5-11(8-16)15-6-12(13)14/h10-12,15,17H,2-8H2,1H3. The van der Waals surface area contributed by atoms with E-state index < -0.39 is 6.43 Å². The van der Waals surface area contributed by atoms with E-state index in [9.17, 15) is 13.6 Å². The Morgan fingerprint density at radius 1 is 1.50 bits per heavy atom. The first-order valence-electron chi connectivity index (χ1n) is 6.40. The second-order valence-electron chi connectivity index (χ2n) is 4.89. The van der Waals surface area contributed by atoms with E-state index in [1.165, 1.54) is 6.92 Å². The fourth-order valence-corrected chi connectivity index (χ4v) is 2.45. The average Bonchev–Trinajstić information content (AvgIpc) is 2.33. The Morgan fingerprint density at radius 3 is 2.78 bits per heavy atom. The zero-order valence-corrected chi connectivity index (χ0v) is 10.7. The van der Waals surface area contributed by atoms with Gasteiger partial charge in [0.2, 0.25) is 5.91 Å². The Balaban J connectivity index is 2.48. The first-order valence-corrected chi connectivity index (χ1v) is 6.40. The molecule has 0 aromatic rings. The molecule has 4 nitrogen and oxygen atoms in total. The molecule has 0 radical (unpaired) electrons. The van der Waals surface area contributed by atoms with Crippen LogP contribution in [0.15, 0.2) is 0 Å². The van der Waals surface area contributed by atoms with Gasteiger partial charge in [-0.1, -0.05) is 0 Å². The molecule has 106 valence electrons. The Morgan fingerprint density at radius 2 is 2.22 bits per heavy atom. The second-order valence-corrected chi connectivity index (χ2v) is 4.89. The molecule has 1 rings (SSSR count). The lowest BCUT2D eigenvalue weighted by molar-refractivity contribution is -0.131. The fourth-order valence-electron chi connectivity index (χ4n) is 2.45. The van der Waals surface area contributed by atoms with E-state index in [4.69, 9.17) is 5.11 Å². The van der Waals surface area contributed by atoms with Crippen molar-refractivity contribution < 1.29 is 18.7 Å². The van der Waals surface area contributed by atoms with Crippen LogP contribution in [0.4, 0.5) is 8.78 Å². The lowest BCUT2D eigenvalue weighted by Gasteiger charge is -2.38. The van der Waals surface area contributed by atoms with Crippen LogP contribution in [-0.4, -0.2) is 54.6 Å². The average molecular weight is 264 g/mol. The largest absolute Gasteiger partial charge is 0.396 e. The summed E-state index contributed by atoms with van der Waals surface area (Å²) in [5, 5.41) is 11.6. The summed E-state index contributed by atoms with van der Waals surface area (Å²) in [6, 6.07) is -0.0691. The predicted octanol–water partition coefficient (Wildman–Crippen LogP) is 0.851. The normalized spacial score (nSPS) is 24.6. The van der Waals surface area contributed by atoms with Crippen molar-refractivity contribution in [2.24, 2.45) is 5.92 Å². The molecule has 0 bridgehead atoms. The third-order valence-corrected chi connectivity index (χ3v) is 3.31. The van der Waals surface area contributed by atoms with Crippen LogP contribution >= 0.6 is 0 Å². The molecule has 1 heterocycles. The maximum atomic E-state index is 12.2. The molecule has 2 N–H and O–H groups in total. The monoisotopic (exact) mass is 264 g/mol. The summed E-state index contributed by atoms with van der Waals surface area (Å²) in [6.45, 7) is 2.47. The number of carbonyl (C=O) groups is 1. The molecule has 6 heteroatoms. The number of hydrogen-bond acceptors (Lipinski definition) is 3. The molecule has 1 aliphatic rings. The molecule has 2 atom stereocenters. The van der Waals surface area contributed by atoms with Crippen molar-refractivity contribution in [1.29, 1.82) is 0 Å². The van der Waals surface area contributed by atoms with Crippen molar-refractivity contribution in [2.75, 3.05) is 26.2 Å². The molecular formula is C12H22F2N2O2. The van der Waals surface area contributed by atoms with E-state index in [2.05, 4.69) is 5.32 Å². The van der Waals surface area contributed by atoms with E-state index in [0.717, 1.165) is 12.8 Å². The van der Waals surface area contributed by atoms with Gasteiger partial charge in [-0.2, -0.15) is 0 Å². The van der Waals surface area contributed by atoms with E-state index in [0.29, 0.717) is 19.5 Å². The first kappa shape index (κ1) is 15.3. The quantitative estimate of drug-likeness (QED) is 0.748. The van der Waals surface area contributed by atoms with E-state index in [1.54, 1.807) is 4.90 Å². The van der Waals surface area contributed by atoms with Gasteiger partial charge in [-0.15, -0.1) is 0 Å². The zero-order chi connectivity index (χ0) is 13.5. The van der Waals surface area contributed by atoms with Gasteiger partial charge in [0, 0.05) is 32.7 Å². The molecule has 1 saturated heterocycles. The highest BCUT2D eigenvalue weighted by Crippen LogP contribution is 2.21. The van der Waals surface area contributed by atoms with Crippen molar-refractivity contribution in [3.8, 4) is 0 Å². The second kappa shape index (κ2) is 7.63. The maximum Gasteiger partial charge on any atom is 0.250 e. The van der Waals surface area contributed by atoms with Crippen LogP contribution in [0, 0.1) is 5.92 Å². The minimum Gasteiger partial charge on any atom is -0.396 e. The van der Waals surface area contributed by atoms with Crippen LogP contribution in [0.1, 0.15) is 26.2 Å². The predicted molar refractivity (Wildman–Crippen MR) is 64.5 cm³/mol. The number of piperidine rings is 1. The fraction of sp³-hybridized carbons (Fsp3) is 0.917. The number of aliphatic hydroxyl groups is 1. The molecule has 0 aromatic carbocycles. The minimum atomic E-state index is -2.37. The smallest absolute Gasteiger partial charge is 0.250 e. The number of nitrogens with zero attached hydrogens (tertiary/aromatic N) is 1. The van der Waals surface area contributed by atoms with Crippen molar-refractivity contribution in [2.45, 2.75) is 38.7 Å². The molecule has 1 fully saturated rings. The SMILES string of the molecule is CC(=O)N1CC(CCCO)CC(NCC(F)F)C1. The number of halogens is 2. The highest BCUT2D eigenvalue weighted by Gasteiger charge is 2.28. The van der Waals surface area contributed by atoms with Crippen LogP contribution in [0.2, 0.25) is 0 Å². The summed E-state index contributed by atoms with van der Waals surface area (Å²) >= 11 is 0. The molecule has 0 saturated carbocycles. The van der Waals surface area contributed by atoms with Crippen LogP contribution in [0.3, 0.4) is 0 Å². The summed E-state index contributed by atoms with van der Waals surface area (Å²) in [6.07, 6.45) is -0.0599. The lowest BCUT2D eigenvalue weighted by Crippen LogP contribution is -2.51. The lowest BCUT2D eigenvalue weighted by atomic mass is 9.90. The number of rotatable bonds is 6. The van der Waals surface area contributed by atoms with Crippen molar-refractivity contribution >= 4 is 5.91 Å². The molecular weight excluding hydrogens is 242 g/mol. The van der Waals surface area contributed by atoms with Crippen molar-refractivity contribution in [3.63, 3.8) is 0 Å². The number of carbonyl (C=O) groups excluding carboxylic acids is 1. The number of aliphatic hydroxyl groups excluding tert-OH is 1. The summed E-state index contributed by atoms with van der Waals surface area (Å²) in [5.74, 6) is 0.262. The van der Waals surface area contributed by atoms with Crippen molar-refractivity contribution in [1.82, 2.24) is 10.2 Å². The van der Waals surface area contributed by atoms with Gasteiger partial charge in [0.15, 0.2) is 0 Å². The topological polar surface area (TPSA) is 52.6 Å². The number of amides is 1. The molecule has 0 aromatic heterocycles. The highest BCUT2D eigenvalue weighted by atomic mass is 19.3. The third kappa shape index (κ3) is 5.27. The molecule has 0 aliphatic carbocycles. The van der Waals surface area contributed by atoms with Crippen LogP contribution in [0.25, 0.3) is 0 Å². The molecule has 1 aliphatic heterocycles. The third-order valence-electron chi connectivity index (χ3n) is 3.31. The van der Waals surface area contributed by atoms with Crippen LogP contribution in [0.5, 0.6) is 0 Å². The van der Waals surface area contributed by atoms with Gasteiger partial charge in [0.25, 0.3) is 6.43 Å². The Kier molecular flexibility index (Phi) is 6.49. The van der Waals surface area contributed by atoms with Gasteiger partial charge in [0.05, 0.1) is 6.54 Å². The molecule has 0 spiro atoms. The summed E-state index contributed by atoms with van der Waals surface area (Å²) in [7, 11) is 0. The minimum absolute atomic E-state index is 0.0208. The van der Waals surface area contributed by atoms with Gasteiger partial charge < -0.3 is 15.3 Å². The summed E-state index contributed by atoms with van der Waals surface area (Å²) in [5.41, 5.74) is 0. The Hall–Kier alpha value is -0.750. The van der Waals surface area contributed by atoms with Crippen molar-refractivity contribution in [3.05, 3.63) is 0 Å². The maximum absolute atomic E-state index is 12.2. The Bertz CT molecular complexity index is 264. The summed E-state index contributed by atoms with van der Waals surface area (Å²) < 4.78 is 24.3. The van der Waals surface area contributed by atoms with E-state index >= 15 is 0 Å². The van der Waals surface area contributed by atoms with Gasteiger partial charge in [-0.3, -0.25) is 4.79 Å². The van der Waals surface area contributed by atoms with Gasteiger partial charge in [-0.05, 0) is 25.2 Å². The zero-order valence-electron chi connectivity index (χ0n) is 10.7. The van der Waals surface area contributed by atoms with Gasteiger partial charge in [-0.25, -0.2) is 8.78 Å². The van der Waals surface area contributed by atoms with E-state index in [1.807, 2.05) is 0 Å². The van der Waals surface area contributed by atoms with Crippen LogP contribution < -0.4 is 5.32 Å². The Labute approximate surface area is 106 Å². The molecule has 18 heavy (non-hydrogen) atoms. The summed E-state index contributed by atoms with van der Waals surface area (Å²) in [4.78, 5) is 13.1. The number of alkyl halides is 2. The van der Waals surface area contributed by atoms with Crippen LogP contribution in [-0.2, 0) is 4.79 Å². The number of hydrogen-bond donors (Lipinski definition) is 2. The number of nitrogens with one attached hydrogen (secondary N) is 1. The highest BCUT2D eigenvalue weighted by molar-refractivity contribution is 5.73. The molecule has 1 amide bonds. The first-order chi connectivity index (χ1) is 8.52. The molecule has 2 unspecified atom stereocenters. The number of likely N-dealkylation sites (tertiary alicyclic amines) is 1. The van der Waals surface area contributed by atoms with Gasteiger partial charge >= 0.3 is 0 Å². The van der Waals surface area contributed by atoms with Gasteiger partial charge in [0.1, 0.15) is 0 Å². The van der Waals surface area contributed by atoms with E-state index in [-0.39, 0.29) is 31.0 Å².